The van der Waals surface area contributed by atoms with Crippen molar-refractivity contribution in [3.05, 3.63) is 15.6 Å². The molecular formula is C11H15NO4S. The summed E-state index contributed by atoms with van der Waals surface area (Å²) in [6, 6.07) is 0. The Morgan fingerprint density at radius 2 is 2.00 bits per heavy atom. The lowest BCUT2D eigenvalue weighted by Gasteiger charge is -1.96. The van der Waals surface area contributed by atoms with E-state index in [-0.39, 0.29) is 11.9 Å². The summed E-state index contributed by atoms with van der Waals surface area (Å²) in [6.45, 7) is 1.77. The highest BCUT2D eigenvalue weighted by atomic mass is 32.1. The molecule has 0 aliphatic heterocycles. The molecule has 0 unspecified atom stereocenters. The van der Waals surface area contributed by atoms with Gasteiger partial charge in [0.2, 0.25) is 0 Å². The fourth-order valence-electron chi connectivity index (χ4n) is 1.33. The maximum absolute atomic E-state index is 11.4. The molecule has 0 aliphatic rings. The molecule has 0 aromatic carbocycles. The fourth-order valence-corrected chi connectivity index (χ4v) is 2.35. The molecule has 17 heavy (non-hydrogen) atoms. The first-order chi connectivity index (χ1) is 8.08. The summed E-state index contributed by atoms with van der Waals surface area (Å²) in [4.78, 5) is 27.1. The Balaban J connectivity index is 2.56. The first-order valence-corrected chi connectivity index (χ1v) is 6.01. The van der Waals surface area contributed by atoms with E-state index in [1.54, 1.807) is 6.92 Å². The molecule has 0 spiro atoms. The number of hydrogen-bond donors (Lipinski definition) is 0. The van der Waals surface area contributed by atoms with Gasteiger partial charge in [-0.2, -0.15) is 0 Å². The van der Waals surface area contributed by atoms with Gasteiger partial charge in [-0.15, -0.1) is 11.3 Å². The van der Waals surface area contributed by atoms with Crippen molar-refractivity contribution in [1.29, 1.82) is 0 Å². The second kappa shape index (κ2) is 6.34. The van der Waals surface area contributed by atoms with Crippen LogP contribution in [0.25, 0.3) is 0 Å². The minimum Gasteiger partial charge on any atom is -0.469 e. The molecule has 0 atom stereocenters. The molecule has 0 bridgehead atoms. The van der Waals surface area contributed by atoms with E-state index in [4.69, 9.17) is 0 Å². The lowest BCUT2D eigenvalue weighted by Crippen LogP contribution is -2.00. The molecule has 5 nitrogen and oxygen atoms in total. The number of methoxy groups -OCH3 is 2. The first-order valence-electron chi connectivity index (χ1n) is 5.20. The van der Waals surface area contributed by atoms with Gasteiger partial charge in [0.15, 0.2) is 0 Å². The number of hydrogen-bond acceptors (Lipinski definition) is 6. The van der Waals surface area contributed by atoms with Crippen LogP contribution in [0.2, 0.25) is 0 Å². The summed E-state index contributed by atoms with van der Waals surface area (Å²) in [5, 5.41) is 0.840. The Morgan fingerprint density at radius 3 is 2.59 bits per heavy atom. The number of esters is 2. The molecule has 0 N–H and O–H groups in total. The van der Waals surface area contributed by atoms with Gasteiger partial charge in [0.25, 0.3) is 0 Å². The molecule has 6 heteroatoms. The van der Waals surface area contributed by atoms with E-state index in [0.29, 0.717) is 29.8 Å². The average Bonchev–Trinajstić information content (AvgIpc) is 2.69. The van der Waals surface area contributed by atoms with Crippen LogP contribution in [0.15, 0.2) is 0 Å². The van der Waals surface area contributed by atoms with Crippen LogP contribution in [-0.2, 0) is 20.7 Å². The number of rotatable bonds is 5. The zero-order valence-corrected chi connectivity index (χ0v) is 10.9. The van der Waals surface area contributed by atoms with E-state index in [0.717, 1.165) is 5.01 Å². The second-order valence-corrected chi connectivity index (χ2v) is 4.53. The van der Waals surface area contributed by atoms with Crippen LogP contribution in [-0.4, -0.2) is 31.1 Å². The van der Waals surface area contributed by atoms with Crippen molar-refractivity contribution in [1.82, 2.24) is 4.98 Å². The molecule has 1 aromatic heterocycles. The molecule has 0 radical (unpaired) electrons. The molecular weight excluding hydrogens is 242 g/mol. The standard InChI is InChI=1S/C11H15NO4S/c1-7-10(11(14)16-3)17-8(12-7)5-4-6-9(13)15-2/h4-6H2,1-3H3. The minimum atomic E-state index is -0.362. The van der Waals surface area contributed by atoms with Crippen molar-refractivity contribution in [2.45, 2.75) is 26.2 Å². The lowest BCUT2D eigenvalue weighted by atomic mass is 10.2. The van der Waals surface area contributed by atoms with Crippen molar-refractivity contribution in [2.24, 2.45) is 0 Å². The van der Waals surface area contributed by atoms with Crippen molar-refractivity contribution < 1.29 is 19.1 Å². The second-order valence-electron chi connectivity index (χ2n) is 3.44. The van der Waals surface area contributed by atoms with E-state index in [1.165, 1.54) is 25.6 Å². The molecule has 1 aromatic rings. The number of thiazole rings is 1. The summed E-state index contributed by atoms with van der Waals surface area (Å²) >= 11 is 1.31. The number of carbonyl (C=O) groups is 2. The summed E-state index contributed by atoms with van der Waals surface area (Å²) in [6.07, 6.45) is 1.69. The summed E-state index contributed by atoms with van der Waals surface area (Å²) in [5.41, 5.74) is 0.676. The van der Waals surface area contributed by atoms with Crippen LogP contribution in [0.5, 0.6) is 0 Å². The van der Waals surface area contributed by atoms with Crippen molar-refractivity contribution in [2.75, 3.05) is 14.2 Å². The highest BCUT2D eigenvalue weighted by Crippen LogP contribution is 2.20. The van der Waals surface area contributed by atoms with Gasteiger partial charge in [-0.3, -0.25) is 4.79 Å². The van der Waals surface area contributed by atoms with Crippen LogP contribution >= 0.6 is 11.3 Å². The SMILES string of the molecule is COC(=O)CCCc1nc(C)c(C(=O)OC)s1. The molecule has 94 valence electrons. The van der Waals surface area contributed by atoms with Gasteiger partial charge in [-0.25, -0.2) is 9.78 Å². The molecule has 0 saturated carbocycles. The number of aromatic nitrogens is 1. The maximum atomic E-state index is 11.4. The van der Waals surface area contributed by atoms with E-state index in [9.17, 15) is 9.59 Å². The summed E-state index contributed by atoms with van der Waals surface area (Å²) < 4.78 is 9.19. The Morgan fingerprint density at radius 1 is 1.29 bits per heavy atom. The molecule has 0 aliphatic carbocycles. The van der Waals surface area contributed by atoms with E-state index < -0.39 is 0 Å². The third-order valence-corrected chi connectivity index (χ3v) is 3.41. The molecule has 1 heterocycles. The van der Waals surface area contributed by atoms with Gasteiger partial charge < -0.3 is 9.47 Å². The number of aryl methyl sites for hydroxylation is 2. The van der Waals surface area contributed by atoms with Gasteiger partial charge >= 0.3 is 11.9 Å². The average molecular weight is 257 g/mol. The number of nitrogens with zero attached hydrogens (tertiary/aromatic N) is 1. The monoisotopic (exact) mass is 257 g/mol. The van der Waals surface area contributed by atoms with Gasteiger partial charge in [-0.05, 0) is 19.8 Å². The molecule has 0 fully saturated rings. The summed E-state index contributed by atoms with van der Waals surface area (Å²) in [5.74, 6) is -0.592. The lowest BCUT2D eigenvalue weighted by molar-refractivity contribution is -0.140. The molecule has 0 saturated heterocycles. The zero-order chi connectivity index (χ0) is 12.8. The van der Waals surface area contributed by atoms with Gasteiger partial charge in [0, 0.05) is 6.42 Å². The fraction of sp³-hybridized carbons (Fsp3) is 0.545. The van der Waals surface area contributed by atoms with Gasteiger partial charge in [0.1, 0.15) is 4.88 Å². The predicted octanol–water partition coefficient (Wildman–Crippen LogP) is 1.73. The Kier molecular flexibility index (Phi) is 5.09. The third kappa shape index (κ3) is 3.81. The number of carbonyl (C=O) groups excluding carboxylic acids is 2. The molecule has 1 rings (SSSR count). The topological polar surface area (TPSA) is 65.5 Å². The van der Waals surface area contributed by atoms with E-state index >= 15 is 0 Å². The normalized spacial score (nSPS) is 10.1. The first kappa shape index (κ1) is 13.6. The van der Waals surface area contributed by atoms with Crippen molar-refractivity contribution in [3.63, 3.8) is 0 Å². The Hall–Kier alpha value is -1.43. The van der Waals surface area contributed by atoms with Crippen LogP contribution < -0.4 is 0 Å². The smallest absolute Gasteiger partial charge is 0.349 e. The van der Waals surface area contributed by atoms with Crippen LogP contribution in [0.4, 0.5) is 0 Å². The molecule has 0 amide bonds. The van der Waals surface area contributed by atoms with Gasteiger partial charge in [-0.1, -0.05) is 0 Å². The predicted molar refractivity (Wildman–Crippen MR) is 63.1 cm³/mol. The maximum Gasteiger partial charge on any atom is 0.349 e. The zero-order valence-electron chi connectivity index (χ0n) is 10.1. The van der Waals surface area contributed by atoms with E-state index in [2.05, 4.69) is 14.5 Å². The number of ether oxygens (including phenoxy) is 2. The Labute approximate surface area is 104 Å². The Bertz CT molecular complexity index is 414. The highest BCUT2D eigenvalue weighted by molar-refractivity contribution is 7.13. The van der Waals surface area contributed by atoms with Crippen LogP contribution in [0.3, 0.4) is 0 Å². The largest absolute Gasteiger partial charge is 0.469 e. The quantitative estimate of drug-likeness (QED) is 0.752. The van der Waals surface area contributed by atoms with Crippen molar-refractivity contribution >= 4 is 23.3 Å². The van der Waals surface area contributed by atoms with Crippen LogP contribution in [0.1, 0.15) is 33.2 Å². The highest BCUT2D eigenvalue weighted by Gasteiger charge is 2.15. The minimum absolute atomic E-state index is 0.230. The van der Waals surface area contributed by atoms with E-state index in [1.807, 2.05) is 0 Å². The van der Waals surface area contributed by atoms with Crippen LogP contribution in [0, 0.1) is 6.92 Å². The van der Waals surface area contributed by atoms with Crippen molar-refractivity contribution in [3.8, 4) is 0 Å². The summed E-state index contributed by atoms with van der Waals surface area (Å²) in [7, 11) is 2.71. The van der Waals surface area contributed by atoms with Gasteiger partial charge in [0.05, 0.1) is 24.9 Å². The third-order valence-electron chi connectivity index (χ3n) is 2.21.